The molecule has 67 heavy (non-hydrogen) atoms. The Bertz CT molecular complexity index is 3470. The number of aromatic carboxylic acids is 1. The van der Waals surface area contributed by atoms with Gasteiger partial charge in [-0.2, -0.15) is 10.2 Å². The number of imidazole rings is 4. The first kappa shape index (κ1) is 43.6. The first-order chi connectivity index (χ1) is 32.4. The second-order valence-electron chi connectivity index (χ2n) is 16.6. The molecule has 2 aliphatic rings. The Morgan fingerprint density at radius 1 is 0.657 bits per heavy atom. The molecule has 0 bridgehead atoms. The number of halogens is 4. The van der Waals surface area contributed by atoms with Crippen LogP contribution in [0, 0.1) is 11.6 Å². The minimum atomic E-state index is -0.967. The number of carbonyl (C=O) groups is 2. The molecule has 340 valence electrons. The average Bonchev–Trinajstić information content (AvgIpc) is 3.89. The lowest BCUT2D eigenvalue weighted by molar-refractivity contribution is 0.0696. The van der Waals surface area contributed by atoms with Crippen LogP contribution < -0.4 is 5.73 Å². The van der Waals surface area contributed by atoms with Gasteiger partial charge in [-0.25, -0.2) is 33.5 Å². The molecule has 2 aliphatic carbocycles. The van der Waals surface area contributed by atoms with Crippen molar-refractivity contribution in [3.05, 3.63) is 178 Å². The van der Waals surface area contributed by atoms with Crippen molar-refractivity contribution in [1.82, 2.24) is 57.1 Å². The smallest absolute Gasteiger partial charge is 0.338 e. The maximum atomic E-state index is 14.0. The number of rotatable bonds is 12. The van der Waals surface area contributed by atoms with Crippen LogP contribution in [0.15, 0.2) is 111 Å². The molecule has 16 nitrogen and oxygen atoms in total. The number of nitrogens with zero attached hydrogens (tertiary/aromatic N) is 12. The van der Waals surface area contributed by atoms with Gasteiger partial charge in [0.25, 0.3) is 0 Å². The number of pyridine rings is 4. The number of fused-ring (bicyclic) bond motifs is 4. The summed E-state index contributed by atoms with van der Waals surface area (Å²) < 4.78 is 37.8. The molecule has 3 N–H and O–H groups in total. The van der Waals surface area contributed by atoms with Gasteiger partial charge in [-0.05, 0) is 72.9 Å². The van der Waals surface area contributed by atoms with Gasteiger partial charge in [-0.3, -0.25) is 23.0 Å². The van der Waals surface area contributed by atoms with E-state index in [1.54, 1.807) is 43.0 Å². The number of Topliss-reactive ketones (excluding diaryl/α,β-unsaturated/α-hetero) is 1. The summed E-state index contributed by atoms with van der Waals surface area (Å²) in [6.07, 6.45) is 26.2. The van der Waals surface area contributed by atoms with E-state index in [4.69, 9.17) is 34.0 Å². The third kappa shape index (κ3) is 9.68. The maximum Gasteiger partial charge on any atom is 0.338 e. The molecule has 0 saturated heterocycles. The van der Waals surface area contributed by atoms with Crippen LogP contribution in [0.2, 0.25) is 10.0 Å². The van der Waals surface area contributed by atoms with E-state index in [9.17, 15) is 18.4 Å². The van der Waals surface area contributed by atoms with E-state index >= 15 is 0 Å². The summed E-state index contributed by atoms with van der Waals surface area (Å²) in [7, 11) is 0. The summed E-state index contributed by atoms with van der Waals surface area (Å²) in [5, 5.41) is 17.9. The number of hydrogen-bond acceptors (Lipinski definition) is 9. The molecule has 0 atom stereocenters. The zero-order chi connectivity index (χ0) is 46.3. The Morgan fingerprint density at radius 2 is 1.15 bits per heavy atom. The van der Waals surface area contributed by atoms with Crippen molar-refractivity contribution >= 4 is 57.3 Å². The third-order valence-electron chi connectivity index (χ3n) is 11.7. The second kappa shape index (κ2) is 18.2. The molecule has 20 heteroatoms. The predicted molar refractivity (Wildman–Crippen MR) is 245 cm³/mol. The van der Waals surface area contributed by atoms with Crippen LogP contribution in [0.25, 0.3) is 22.3 Å². The van der Waals surface area contributed by atoms with Crippen molar-refractivity contribution in [2.75, 3.05) is 0 Å². The van der Waals surface area contributed by atoms with E-state index < -0.39 is 11.8 Å². The summed E-state index contributed by atoms with van der Waals surface area (Å²) in [5.41, 5.74) is 13.1. The van der Waals surface area contributed by atoms with Gasteiger partial charge in [0.15, 0.2) is 5.78 Å². The van der Waals surface area contributed by atoms with Gasteiger partial charge < -0.3 is 19.6 Å². The molecule has 0 amide bonds. The molecule has 10 aromatic rings. The summed E-state index contributed by atoms with van der Waals surface area (Å²) in [5.74, 6) is 0.735. The van der Waals surface area contributed by atoms with Crippen LogP contribution in [-0.2, 0) is 26.1 Å². The summed E-state index contributed by atoms with van der Waals surface area (Å²) in [6.45, 7) is 1.21. The van der Waals surface area contributed by atoms with Gasteiger partial charge >= 0.3 is 5.97 Å². The van der Waals surface area contributed by atoms with E-state index in [0.29, 0.717) is 64.6 Å². The first-order valence-electron chi connectivity index (χ1n) is 21.5. The minimum absolute atomic E-state index is 0.0513. The fourth-order valence-electron chi connectivity index (χ4n) is 7.93. The van der Waals surface area contributed by atoms with Crippen molar-refractivity contribution in [2.24, 2.45) is 5.73 Å². The van der Waals surface area contributed by atoms with Gasteiger partial charge in [-0.15, -0.1) is 0 Å². The highest BCUT2D eigenvalue weighted by atomic mass is 35.5. The Labute approximate surface area is 389 Å². The number of hydrogen-bond donors (Lipinski definition) is 2. The van der Waals surface area contributed by atoms with Crippen LogP contribution in [0.4, 0.5) is 8.78 Å². The quantitative estimate of drug-likeness (QED) is 0.113. The Kier molecular flexibility index (Phi) is 11.8. The average molecular weight is 945 g/mol. The van der Waals surface area contributed by atoms with Crippen LogP contribution >= 0.6 is 23.2 Å². The van der Waals surface area contributed by atoms with E-state index in [1.807, 2.05) is 28.9 Å². The molecular formula is C47H41Cl2F2N13O3. The number of aryl methyl sites for hydroxylation is 1. The van der Waals surface area contributed by atoms with Crippen molar-refractivity contribution in [2.45, 2.75) is 70.0 Å². The Morgan fingerprint density at radius 3 is 1.64 bits per heavy atom. The van der Waals surface area contributed by atoms with Crippen molar-refractivity contribution in [3.8, 4) is 0 Å². The van der Waals surface area contributed by atoms with Crippen LogP contribution in [0.1, 0.15) is 98.8 Å². The Balaban J connectivity index is 0.000000131. The summed E-state index contributed by atoms with van der Waals surface area (Å²) in [4.78, 5) is 41.0. The fourth-order valence-corrected chi connectivity index (χ4v) is 8.32. The van der Waals surface area contributed by atoms with Crippen LogP contribution in [0.3, 0.4) is 0 Å². The van der Waals surface area contributed by atoms with Crippen LogP contribution in [-0.4, -0.2) is 74.0 Å². The highest BCUT2D eigenvalue weighted by Crippen LogP contribution is 2.40. The lowest BCUT2D eigenvalue weighted by Gasteiger charge is -2.02. The zero-order valence-corrected chi connectivity index (χ0v) is 37.1. The highest BCUT2D eigenvalue weighted by molar-refractivity contribution is 6.30. The number of carboxylic acid groups (broad SMARTS) is 1. The zero-order valence-electron chi connectivity index (χ0n) is 35.6. The van der Waals surface area contributed by atoms with Crippen molar-refractivity contribution < 1.29 is 23.5 Å². The third-order valence-corrected chi connectivity index (χ3v) is 12.1. The number of carbonyl (C=O) groups excluding carboxylic acids is 1. The molecule has 0 spiro atoms. The lowest BCUT2D eigenvalue weighted by atomic mass is 10.1. The molecule has 0 radical (unpaired) electrons. The van der Waals surface area contributed by atoms with Gasteiger partial charge in [-0.1, -0.05) is 35.3 Å². The topological polar surface area (TPSA) is 185 Å². The van der Waals surface area contributed by atoms with Gasteiger partial charge in [0.2, 0.25) is 0 Å². The molecule has 0 unspecified atom stereocenters. The molecule has 10 aromatic heterocycles. The molecule has 10 heterocycles. The number of aromatic nitrogens is 12. The fraction of sp³-hybridized carbons (Fsp3) is 0.234. The maximum absolute atomic E-state index is 14.0. The second-order valence-corrected chi connectivity index (χ2v) is 17.5. The predicted octanol–water partition coefficient (Wildman–Crippen LogP) is 8.45. The van der Waals surface area contributed by atoms with E-state index in [2.05, 4.69) is 59.1 Å². The molecule has 0 aliphatic heterocycles. The van der Waals surface area contributed by atoms with Crippen molar-refractivity contribution in [1.29, 1.82) is 0 Å². The lowest BCUT2D eigenvalue weighted by Crippen LogP contribution is -2.04. The summed E-state index contributed by atoms with van der Waals surface area (Å²) in [6, 6.07) is 10.9. The van der Waals surface area contributed by atoms with Crippen molar-refractivity contribution in [3.63, 3.8) is 0 Å². The largest absolute Gasteiger partial charge is 0.478 e. The van der Waals surface area contributed by atoms with Crippen LogP contribution in [0.5, 0.6) is 0 Å². The number of carboxylic acids is 1. The highest BCUT2D eigenvalue weighted by Gasteiger charge is 2.25. The minimum Gasteiger partial charge on any atom is -0.478 e. The van der Waals surface area contributed by atoms with E-state index in [0.717, 1.165) is 22.7 Å². The Hall–Kier alpha value is -7.28. The molecule has 12 rings (SSSR count). The molecular weight excluding hydrogens is 904 g/mol. The normalized spacial score (nSPS) is 13.6. The molecule has 0 aromatic carbocycles. The number of nitrogens with two attached hydrogens (primary N) is 1. The standard InChI is InChI=1S/C24H20ClFN6O.C15H14N4O2.C8H7ClFN3/c25-18-7-20(26)21-9-27-23(32(21)12-18)6-4-22(33)17-8-28-31(11-17)14-19-13-30-10-16(15-1-2-15)3-5-24(30)29-19;20-15(21)12-5-16-19(7-12)9-13-8-18-6-11(10-1-2-10)3-4-14(18)17-13;9-5-1-6(10)7-3-12-8(2-11)13(7)4-5/h3,5,7-13,15H,1-2,4,6,14H2;3-8,10H,1-2,9H2,(H,20,21);1,3-4H,2,11H2. The number of ketones is 1. The molecule has 2 saturated carbocycles. The van der Waals surface area contributed by atoms with E-state index in [-0.39, 0.29) is 35.2 Å². The molecule has 2 fully saturated rings. The summed E-state index contributed by atoms with van der Waals surface area (Å²) >= 11 is 11.6. The van der Waals surface area contributed by atoms with Gasteiger partial charge in [0.1, 0.15) is 45.6 Å². The SMILES string of the molecule is NCc1ncc2c(F)cc(Cl)cn12.O=C(CCc1ncc2c(F)cc(Cl)cn12)c1cnn(Cc2cn3cc(C4CC4)ccc3n2)c1.O=C(O)c1cnn(Cc2cn3cc(C4CC4)ccc3n2)c1. The first-order valence-corrected chi connectivity index (χ1v) is 22.3. The van der Waals surface area contributed by atoms with Gasteiger partial charge in [0.05, 0.1) is 77.0 Å². The van der Waals surface area contributed by atoms with E-state index in [1.165, 1.54) is 73.7 Å². The monoisotopic (exact) mass is 943 g/mol. The van der Waals surface area contributed by atoms with Gasteiger partial charge in [0, 0.05) is 62.4 Å².